The Morgan fingerprint density at radius 2 is 1.70 bits per heavy atom. The number of rotatable bonds is 5. The second kappa shape index (κ2) is 10.3. The van der Waals surface area contributed by atoms with E-state index in [1.165, 1.54) is 12.1 Å². The number of nitrogens with two attached hydrogens (primary N) is 1. The van der Waals surface area contributed by atoms with Crippen LogP contribution >= 0.6 is 0 Å². The third kappa shape index (κ3) is 5.00. The number of fused-ring (bicyclic) bond motifs is 1. The molecule has 0 bridgehead atoms. The summed E-state index contributed by atoms with van der Waals surface area (Å²) in [5, 5.41) is 0. The summed E-state index contributed by atoms with van der Waals surface area (Å²) in [5.41, 5.74) is 10.7. The summed E-state index contributed by atoms with van der Waals surface area (Å²) in [6.45, 7) is 3.68. The molecule has 1 atom stereocenters. The van der Waals surface area contributed by atoms with E-state index in [-0.39, 0.29) is 17.6 Å². The number of ether oxygens (including phenoxy) is 1. The number of aromatic nitrogens is 2. The van der Waals surface area contributed by atoms with E-state index in [0.717, 1.165) is 30.7 Å². The first-order chi connectivity index (χ1) is 17.9. The van der Waals surface area contributed by atoms with E-state index < -0.39 is 5.91 Å². The Morgan fingerprint density at radius 1 is 1.05 bits per heavy atom. The molecule has 9 heteroatoms. The summed E-state index contributed by atoms with van der Waals surface area (Å²) in [4.78, 5) is 31.4. The quantitative estimate of drug-likeness (QED) is 0.517. The fourth-order valence-electron chi connectivity index (χ4n) is 5.19. The van der Waals surface area contributed by atoms with Gasteiger partial charge in [0.25, 0.3) is 11.8 Å². The summed E-state index contributed by atoms with van der Waals surface area (Å²) in [6, 6.07) is 13.0. The Hall–Kier alpha value is -4.32. The highest BCUT2D eigenvalue weighted by atomic mass is 19.1. The number of halogens is 1. The number of hydrogen-bond acceptors (Lipinski definition) is 5. The average molecular weight is 502 g/mol. The van der Waals surface area contributed by atoms with Crippen LogP contribution in [0.4, 0.5) is 4.39 Å². The van der Waals surface area contributed by atoms with Crippen molar-refractivity contribution in [2.24, 2.45) is 11.7 Å². The Balaban J connectivity index is 1.39. The van der Waals surface area contributed by atoms with Crippen molar-refractivity contribution in [3.8, 4) is 34.6 Å². The second-order valence-corrected chi connectivity index (χ2v) is 9.26. The third-order valence-corrected chi connectivity index (χ3v) is 7.00. The van der Waals surface area contributed by atoms with Crippen LogP contribution in [0.15, 0.2) is 48.5 Å². The lowest BCUT2D eigenvalue weighted by atomic mass is 9.81. The topological polar surface area (TPSA) is 102 Å². The van der Waals surface area contributed by atoms with Gasteiger partial charge in [-0.2, -0.15) is 0 Å². The van der Waals surface area contributed by atoms with Crippen LogP contribution in [0.3, 0.4) is 0 Å². The number of hydrogen-bond donors (Lipinski definition) is 2. The molecule has 1 saturated heterocycles. The van der Waals surface area contributed by atoms with E-state index in [1.807, 2.05) is 12.1 Å². The molecule has 190 valence electrons. The van der Waals surface area contributed by atoms with Gasteiger partial charge in [-0.25, -0.2) is 14.1 Å². The van der Waals surface area contributed by atoms with Crippen LogP contribution in [-0.4, -0.2) is 46.0 Å². The molecule has 3 aromatic rings. The number of carbonyl (C=O) groups excluding carboxylic acids is 2. The number of benzene rings is 2. The highest BCUT2D eigenvalue weighted by Crippen LogP contribution is 2.39. The molecule has 1 aromatic heterocycles. The van der Waals surface area contributed by atoms with Crippen LogP contribution in [0.25, 0.3) is 11.3 Å². The maximum Gasteiger partial charge on any atom is 0.298 e. The van der Waals surface area contributed by atoms with Crippen molar-refractivity contribution in [1.29, 1.82) is 0 Å². The standard InChI is InChI=1S/C28H28FN5O3/c1-2-3-24(35)33-16-13-18(14-17-33)23-12-15-31-34-26(27(30)36)25(32-28(23)34)19-4-8-21(9-5-19)37-22-10-6-20(29)7-11-22/h4-11,18,23,31H,12-17H2,1H3,(H2,30,36). The molecule has 5 rings (SSSR count). The van der Waals surface area contributed by atoms with Gasteiger partial charge >= 0.3 is 0 Å². The molecule has 2 aromatic carbocycles. The first-order valence-electron chi connectivity index (χ1n) is 12.4. The Kier molecular flexibility index (Phi) is 6.82. The molecule has 0 saturated carbocycles. The zero-order valence-electron chi connectivity index (χ0n) is 20.5. The predicted molar refractivity (Wildman–Crippen MR) is 137 cm³/mol. The van der Waals surface area contributed by atoms with Crippen molar-refractivity contribution in [3.63, 3.8) is 0 Å². The van der Waals surface area contributed by atoms with Crippen LogP contribution in [0.2, 0.25) is 0 Å². The van der Waals surface area contributed by atoms with Crippen molar-refractivity contribution in [2.45, 2.75) is 32.1 Å². The van der Waals surface area contributed by atoms with Gasteiger partial charge in [-0.15, -0.1) is 0 Å². The lowest BCUT2D eigenvalue weighted by molar-refractivity contribution is -0.126. The normalized spacial score (nSPS) is 17.2. The van der Waals surface area contributed by atoms with Gasteiger partial charge in [0.1, 0.15) is 28.8 Å². The van der Waals surface area contributed by atoms with Crippen LogP contribution < -0.4 is 15.9 Å². The number of piperidine rings is 1. The highest BCUT2D eigenvalue weighted by Gasteiger charge is 2.36. The minimum Gasteiger partial charge on any atom is -0.457 e. The number of nitrogens with zero attached hydrogens (tertiary/aromatic N) is 3. The molecule has 2 amide bonds. The van der Waals surface area contributed by atoms with Gasteiger partial charge in [-0.3, -0.25) is 9.59 Å². The Morgan fingerprint density at radius 3 is 2.32 bits per heavy atom. The zero-order valence-corrected chi connectivity index (χ0v) is 20.5. The summed E-state index contributed by atoms with van der Waals surface area (Å²) < 4.78 is 20.7. The van der Waals surface area contributed by atoms with Crippen molar-refractivity contribution in [1.82, 2.24) is 14.6 Å². The molecule has 37 heavy (non-hydrogen) atoms. The molecule has 3 heterocycles. The molecule has 1 fully saturated rings. The monoisotopic (exact) mass is 501 g/mol. The molecule has 0 radical (unpaired) electrons. The molecule has 0 spiro atoms. The fraction of sp³-hybridized carbons (Fsp3) is 0.321. The van der Waals surface area contributed by atoms with Crippen LogP contribution in [0.5, 0.6) is 11.5 Å². The summed E-state index contributed by atoms with van der Waals surface area (Å²) >= 11 is 0. The molecular formula is C28H28FN5O3. The van der Waals surface area contributed by atoms with Gasteiger partial charge in [0, 0.05) is 31.1 Å². The van der Waals surface area contributed by atoms with E-state index in [1.54, 1.807) is 40.8 Å². The number of imidazole rings is 1. The van der Waals surface area contributed by atoms with Gasteiger partial charge in [-0.05, 0) is 86.6 Å². The smallest absolute Gasteiger partial charge is 0.298 e. The molecule has 2 aliphatic rings. The average Bonchev–Trinajstić information content (AvgIpc) is 3.31. The van der Waals surface area contributed by atoms with E-state index >= 15 is 0 Å². The minimum atomic E-state index is -0.563. The summed E-state index contributed by atoms with van der Waals surface area (Å²) in [6.07, 6.45) is 2.59. The third-order valence-electron chi connectivity index (χ3n) is 7.00. The van der Waals surface area contributed by atoms with Crippen LogP contribution in [0, 0.1) is 23.6 Å². The van der Waals surface area contributed by atoms with Crippen molar-refractivity contribution < 1.29 is 18.7 Å². The van der Waals surface area contributed by atoms with Crippen molar-refractivity contribution in [3.05, 3.63) is 65.9 Å². The Labute approximate surface area is 214 Å². The largest absolute Gasteiger partial charge is 0.457 e. The highest BCUT2D eigenvalue weighted by molar-refractivity contribution is 5.97. The molecule has 2 aliphatic heterocycles. The van der Waals surface area contributed by atoms with Gasteiger partial charge in [0.2, 0.25) is 0 Å². The maximum absolute atomic E-state index is 13.2. The second-order valence-electron chi connectivity index (χ2n) is 9.26. The lowest BCUT2D eigenvalue weighted by Gasteiger charge is -2.37. The predicted octanol–water partition coefficient (Wildman–Crippen LogP) is 3.87. The van der Waals surface area contributed by atoms with E-state index in [0.29, 0.717) is 48.4 Å². The SMILES string of the molecule is CC#CC(=O)N1CCC(C2CCNn3c2nc(-c2ccc(Oc4ccc(F)cc4)cc2)c3C(N)=O)CC1. The van der Waals surface area contributed by atoms with Crippen molar-refractivity contribution in [2.75, 3.05) is 25.1 Å². The fourth-order valence-corrected chi connectivity index (χ4v) is 5.19. The van der Waals surface area contributed by atoms with E-state index in [2.05, 4.69) is 17.3 Å². The first kappa shape index (κ1) is 24.4. The van der Waals surface area contributed by atoms with Crippen LogP contribution in [-0.2, 0) is 4.79 Å². The van der Waals surface area contributed by atoms with Gasteiger partial charge in [0.15, 0.2) is 5.69 Å². The van der Waals surface area contributed by atoms with Crippen LogP contribution in [0.1, 0.15) is 48.4 Å². The molecule has 3 N–H and O–H groups in total. The lowest BCUT2D eigenvalue weighted by Crippen LogP contribution is -2.41. The molecular weight excluding hydrogens is 473 g/mol. The first-order valence-corrected chi connectivity index (χ1v) is 12.4. The number of primary amides is 1. The molecule has 1 unspecified atom stereocenters. The number of amides is 2. The number of nitrogens with one attached hydrogen (secondary N) is 1. The molecule has 0 aliphatic carbocycles. The number of likely N-dealkylation sites (tertiary alicyclic amines) is 1. The van der Waals surface area contributed by atoms with Gasteiger partial charge in [0.05, 0.1) is 0 Å². The summed E-state index contributed by atoms with van der Waals surface area (Å²) in [5.74, 6) is 6.64. The summed E-state index contributed by atoms with van der Waals surface area (Å²) in [7, 11) is 0. The maximum atomic E-state index is 13.2. The minimum absolute atomic E-state index is 0.127. The van der Waals surface area contributed by atoms with Crippen molar-refractivity contribution >= 4 is 11.8 Å². The Bertz CT molecular complexity index is 1360. The number of carbonyl (C=O) groups is 2. The van der Waals surface area contributed by atoms with Gasteiger partial charge in [-0.1, -0.05) is 5.92 Å². The van der Waals surface area contributed by atoms with E-state index in [9.17, 15) is 14.0 Å². The molecule has 8 nitrogen and oxygen atoms in total. The van der Waals surface area contributed by atoms with E-state index in [4.69, 9.17) is 15.5 Å². The zero-order chi connectivity index (χ0) is 25.9. The van der Waals surface area contributed by atoms with Gasteiger partial charge < -0.3 is 20.8 Å².